The SMILES string of the molecule is CC(C)N1CC[C@@H](NC(=O)c2nc(C(C)(C)C)no2)c2ccc(B3OC(C)(C)C(C)(C)O3)cc2C1. The first-order valence-corrected chi connectivity index (χ1v) is 12.6. The molecule has 35 heavy (non-hydrogen) atoms. The van der Waals surface area contributed by atoms with Gasteiger partial charge in [0, 0.05) is 24.5 Å². The van der Waals surface area contributed by atoms with Crippen LogP contribution in [0.1, 0.15) is 102 Å². The van der Waals surface area contributed by atoms with Crippen LogP contribution in [0.2, 0.25) is 0 Å². The molecule has 4 rings (SSSR count). The Labute approximate surface area is 209 Å². The van der Waals surface area contributed by atoms with E-state index in [0.29, 0.717) is 11.9 Å². The van der Waals surface area contributed by atoms with Gasteiger partial charge in [-0.3, -0.25) is 9.69 Å². The van der Waals surface area contributed by atoms with Crippen LogP contribution in [0.3, 0.4) is 0 Å². The van der Waals surface area contributed by atoms with Crippen molar-refractivity contribution in [3.63, 3.8) is 0 Å². The summed E-state index contributed by atoms with van der Waals surface area (Å²) in [4.78, 5) is 19.8. The zero-order valence-electron chi connectivity index (χ0n) is 22.6. The zero-order valence-corrected chi connectivity index (χ0v) is 22.6. The Morgan fingerprint density at radius 1 is 1.17 bits per heavy atom. The fourth-order valence-electron chi connectivity index (χ4n) is 4.41. The molecule has 3 heterocycles. The molecule has 8 nitrogen and oxygen atoms in total. The third-order valence-electron chi connectivity index (χ3n) is 7.47. The molecule has 1 aromatic carbocycles. The molecule has 190 valence electrons. The fourth-order valence-corrected chi connectivity index (χ4v) is 4.41. The summed E-state index contributed by atoms with van der Waals surface area (Å²) in [5.74, 6) is 0.161. The minimum absolute atomic E-state index is 0.00437. The van der Waals surface area contributed by atoms with Crippen molar-refractivity contribution in [1.29, 1.82) is 0 Å². The second kappa shape index (κ2) is 9.02. The van der Waals surface area contributed by atoms with E-state index in [-0.39, 0.29) is 23.3 Å². The van der Waals surface area contributed by atoms with Gasteiger partial charge in [0.25, 0.3) is 0 Å². The van der Waals surface area contributed by atoms with Crippen LogP contribution in [-0.4, -0.2) is 51.9 Å². The van der Waals surface area contributed by atoms with Gasteiger partial charge < -0.3 is 19.1 Å². The summed E-state index contributed by atoms with van der Waals surface area (Å²) < 4.78 is 17.9. The predicted molar refractivity (Wildman–Crippen MR) is 136 cm³/mol. The van der Waals surface area contributed by atoms with Gasteiger partial charge in [-0.05, 0) is 64.6 Å². The summed E-state index contributed by atoms with van der Waals surface area (Å²) >= 11 is 0. The number of benzene rings is 1. The molecule has 0 aliphatic carbocycles. The van der Waals surface area contributed by atoms with Crippen molar-refractivity contribution < 1.29 is 18.6 Å². The van der Waals surface area contributed by atoms with Gasteiger partial charge in [0.1, 0.15) is 0 Å². The number of hydrogen-bond donors (Lipinski definition) is 1. The maximum absolute atomic E-state index is 13.0. The number of aromatic nitrogens is 2. The normalized spacial score (nSPS) is 22.2. The zero-order chi connectivity index (χ0) is 25.8. The number of amides is 1. The Balaban J connectivity index is 1.61. The van der Waals surface area contributed by atoms with Gasteiger partial charge in [-0.1, -0.05) is 44.1 Å². The molecule has 1 aromatic heterocycles. The van der Waals surface area contributed by atoms with Gasteiger partial charge in [-0.2, -0.15) is 4.98 Å². The number of nitrogens with zero attached hydrogens (tertiary/aromatic N) is 3. The lowest BCUT2D eigenvalue weighted by atomic mass is 9.77. The fraction of sp³-hybridized carbons (Fsp3) is 0.654. The molecule has 1 amide bonds. The predicted octanol–water partition coefficient (Wildman–Crippen LogP) is 3.75. The highest BCUT2D eigenvalue weighted by atomic mass is 16.7. The van der Waals surface area contributed by atoms with Crippen molar-refractivity contribution >= 4 is 18.5 Å². The van der Waals surface area contributed by atoms with Crippen molar-refractivity contribution in [2.45, 2.75) is 104 Å². The topological polar surface area (TPSA) is 89.7 Å². The first-order chi connectivity index (χ1) is 16.2. The van der Waals surface area contributed by atoms with Crippen molar-refractivity contribution in [2.75, 3.05) is 6.54 Å². The molecule has 0 unspecified atom stereocenters. The molecule has 2 aromatic rings. The summed E-state index contributed by atoms with van der Waals surface area (Å²) in [7, 11) is -0.427. The van der Waals surface area contributed by atoms with Crippen LogP contribution >= 0.6 is 0 Å². The first-order valence-electron chi connectivity index (χ1n) is 12.6. The lowest BCUT2D eigenvalue weighted by Crippen LogP contribution is -2.41. The van der Waals surface area contributed by atoms with Gasteiger partial charge in [-0.15, -0.1) is 0 Å². The Morgan fingerprint density at radius 2 is 1.83 bits per heavy atom. The smallest absolute Gasteiger partial charge is 0.399 e. The number of nitrogens with one attached hydrogen (secondary N) is 1. The van der Waals surface area contributed by atoms with Crippen molar-refractivity contribution in [1.82, 2.24) is 20.4 Å². The average Bonchev–Trinajstić information content (AvgIpc) is 3.27. The van der Waals surface area contributed by atoms with Gasteiger partial charge in [0.05, 0.1) is 17.2 Å². The molecule has 1 N–H and O–H groups in total. The van der Waals surface area contributed by atoms with E-state index < -0.39 is 18.3 Å². The average molecular weight is 482 g/mol. The van der Waals surface area contributed by atoms with E-state index in [4.69, 9.17) is 13.8 Å². The quantitative estimate of drug-likeness (QED) is 0.664. The second-order valence-corrected chi connectivity index (χ2v) is 12.1. The molecule has 0 saturated carbocycles. The Morgan fingerprint density at radius 3 is 2.40 bits per heavy atom. The summed E-state index contributed by atoms with van der Waals surface area (Å²) in [6, 6.07) is 6.53. The highest BCUT2D eigenvalue weighted by Crippen LogP contribution is 2.37. The van der Waals surface area contributed by atoms with Crippen LogP contribution in [0, 0.1) is 0 Å². The molecular formula is C26H39BN4O4. The van der Waals surface area contributed by atoms with E-state index >= 15 is 0 Å². The third kappa shape index (κ3) is 5.18. The highest BCUT2D eigenvalue weighted by molar-refractivity contribution is 6.62. The van der Waals surface area contributed by atoms with Crippen molar-refractivity contribution in [3.05, 3.63) is 41.0 Å². The number of carbonyl (C=O) groups is 1. The maximum atomic E-state index is 13.0. The largest absolute Gasteiger partial charge is 0.494 e. The molecule has 0 bridgehead atoms. The van der Waals surface area contributed by atoms with Crippen LogP contribution in [0.15, 0.2) is 22.7 Å². The molecule has 9 heteroatoms. The van der Waals surface area contributed by atoms with E-state index in [9.17, 15) is 4.79 Å². The lowest BCUT2D eigenvalue weighted by molar-refractivity contribution is 0.00578. The van der Waals surface area contributed by atoms with Gasteiger partial charge >= 0.3 is 18.9 Å². The van der Waals surface area contributed by atoms with E-state index in [1.54, 1.807) is 0 Å². The Kier molecular flexibility index (Phi) is 6.66. The molecule has 1 fully saturated rings. The van der Waals surface area contributed by atoms with Gasteiger partial charge in [0.15, 0.2) is 5.82 Å². The number of rotatable bonds is 4. The molecule has 0 spiro atoms. The molecule has 0 radical (unpaired) electrons. The number of carbonyl (C=O) groups excluding carboxylic acids is 1. The van der Waals surface area contributed by atoms with Crippen molar-refractivity contribution in [2.24, 2.45) is 0 Å². The lowest BCUT2D eigenvalue weighted by Gasteiger charge is -2.32. The van der Waals surface area contributed by atoms with Crippen LogP contribution in [0.25, 0.3) is 0 Å². The van der Waals surface area contributed by atoms with E-state index in [2.05, 4.69) is 80.1 Å². The minimum atomic E-state index is -0.427. The summed E-state index contributed by atoms with van der Waals surface area (Å²) in [6.45, 7) is 20.2. The summed E-state index contributed by atoms with van der Waals surface area (Å²) in [5.41, 5.74) is 2.15. The van der Waals surface area contributed by atoms with Crippen LogP contribution in [0.5, 0.6) is 0 Å². The van der Waals surface area contributed by atoms with E-state index in [0.717, 1.165) is 36.1 Å². The van der Waals surface area contributed by atoms with Crippen LogP contribution in [-0.2, 0) is 21.3 Å². The van der Waals surface area contributed by atoms with E-state index in [1.165, 1.54) is 0 Å². The van der Waals surface area contributed by atoms with Crippen LogP contribution in [0.4, 0.5) is 0 Å². The third-order valence-corrected chi connectivity index (χ3v) is 7.47. The highest BCUT2D eigenvalue weighted by Gasteiger charge is 2.51. The second-order valence-electron chi connectivity index (χ2n) is 12.1. The molecular weight excluding hydrogens is 443 g/mol. The monoisotopic (exact) mass is 482 g/mol. The van der Waals surface area contributed by atoms with E-state index in [1.807, 2.05) is 20.8 Å². The van der Waals surface area contributed by atoms with Crippen LogP contribution < -0.4 is 10.8 Å². The molecule has 1 atom stereocenters. The molecule has 2 aliphatic heterocycles. The number of hydrogen-bond acceptors (Lipinski definition) is 7. The summed E-state index contributed by atoms with van der Waals surface area (Å²) in [6.07, 6.45) is 0.785. The van der Waals surface area contributed by atoms with Gasteiger partial charge in [0.2, 0.25) is 0 Å². The first kappa shape index (κ1) is 25.9. The Hall–Kier alpha value is -2.23. The number of fused-ring (bicyclic) bond motifs is 1. The minimum Gasteiger partial charge on any atom is -0.399 e. The van der Waals surface area contributed by atoms with Gasteiger partial charge in [-0.25, -0.2) is 0 Å². The molecule has 2 aliphatic rings. The Bertz CT molecular complexity index is 1070. The summed E-state index contributed by atoms with van der Waals surface area (Å²) in [5, 5.41) is 7.14. The molecule has 1 saturated heterocycles. The van der Waals surface area contributed by atoms with Crippen molar-refractivity contribution in [3.8, 4) is 0 Å². The maximum Gasteiger partial charge on any atom is 0.494 e. The standard InChI is InChI=1S/C26H39BN4O4/c1-16(2)31-13-12-20(28-21(32)22-29-23(30-33-22)24(3,4)5)19-11-10-18(14-17(19)15-31)27-34-25(6,7)26(8,9)35-27/h10-11,14,16,20H,12-13,15H2,1-9H3,(H,28,32)/t20-/m1/s1.